The Morgan fingerprint density at radius 2 is 1.71 bits per heavy atom. The maximum Gasteiger partial charge on any atom is 0.169 e. The van der Waals surface area contributed by atoms with Gasteiger partial charge in [-0.2, -0.15) is 5.26 Å². The number of anilines is 1. The van der Waals surface area contributed by atoms with Crippen molar-refractivity contribution in [1.29, 1.82) is 5.26 Å². The molecule has 0 atom stereocenters. The highest BCUT2D eigenvalue weighted by Crippen LogP contribution is 2.37. The molecule has 5 nitrogen and oxygen atoms in total. The van der Waals surface area contributed by atoms with Crippen LogP contribution in [-0.2, 0) is 0 Å². The first-order valence-corrected chi connectivity index (χ1v) is 5.98. The van der Waals surface area contributed by atoms with Gasteiger partial charge in [-0.05, 0) is 12.1 Å². The normalized spacial score (nSPS) is 9.81. The van der Waals surface area contributed by atoms with Crippen LogP contribution in [0, 0.1) is 17.1 Å². The third kappa shape index (κ3) is 2.98. The van der Waals surface area contributed by atoms with Gasteiger partial charge < -0.3 is 19.9 Å². The second-order valence-electron chi connectivity index (χ2n) is 4.10. The van der Waals surface area contributed by atoms with Gasteiger partial charge in [0.25, 0.3) is 0 Å². The van der Waals surface area contributed by atoms with Crippen LogP contribution in [0.25, 0.3) is 0 Å². The van der Waals surface area contributed by atoms with E-state index in [1.54, 1.807) is 12.1 Å². The highest BCUT2D eigenvalue weighted by molar-refractivity contribution is 5.59. The van der Waals surface area contributed by atoms with Crippen molar-refractivity contribution in [3.8, 4) is 29.1 Å². The number of ether oxygens (including phenoxy) is 3. The molecule has 108 valence electrons. The first-order chi connectivity index (χ1) is 10.1. The van der Waals surface area contributed by atoms with Crippen molar-refractivity contribution in [2.24, 2.45) is 0 Å². The quantitative estimate of drug-likeness (QED) is 0.875. The van der Waals surface area contributed by atoms with Crippen molar-refractivity contribution >= 4 is 5.69 Å². The lowest BCUT2D eigenvalue weighted by Crippen LogP contribution is -1.97. The van der Waals surface area contributed by atoms with E-state index >= 15 is 0 Å². The van der Waals surface area contributed by atoms with Gasteiger partial charge in [-0.3, -0.25) is 0 Å². The number of methoxy groups -OCH3 is 2. The summed E-state index contributed by atoms with van der Waals surface area (Å²) in [5.74, 6) is 0.408. The Morgan fingerprint density at radius 3 is 2.33 bits per heavy atom. The smallest absolute Gasteiger partial charge is 0.169 e. The number of rotatable bonds is 4. The summed E-state index contributed by atoms with van der Waals surface area (Å²) in [5, 5.41) is 8.86. The first-order valence-electron chi connectivity index (χ1n) is 5.98. The monoisotopic (exact) mass is 288 g/mol. The molecule has 2 aromatic rings. The average Bonchev–Trinajstić information content (AvgIpc) is 2.50. The lowest BCUT2D eigenvalue weighted by molar-refractivity contribution is 0.370. The van der Waals surface area contributed by atoms with Gasteiger partial charge >= 0.3 is 0 Å². The van der Waals surface area contributed by atoms with Crippen LogP contribution < -0.4 is 19.9 Å². The predicted molar refractivity (Wildman–Crippen MR) is 75.1 cm³/mol. The number of hydrogen-bond donors (Lipinski definition) is 1. The van der Waals surface area contributed by atoms with Gasteiger partial charge in [0.15, 0.2) is 28.8 Å². The van der Waals surface area contributed by atoms with E-state index in [2.05, 4.69) is 0 Å². The van der Waals surface area contributed by atoms with Crippen molar-refractivity contribution < 1.29 is 18.6 Å². The highest BCUT2D eigenvalue weighted by atomic mass is 19.1. The lowest BCUT2D eigenvalue weighted by atomic mass is 10.2. The minimum atomic E-state index is -0.575. The van der Waals surface area contributed by atoms with Crippen LogP contribution in [0.4, 0.5) is 10.1 Å². The predicted octanol–water partition coefficient (Wildman–Crippen LogP) is 3.09. The molecule has 2 N–H and O–H groups in total. The fourth-order valence-corrected chi connectivity index (χ4v) is 1.73. The Labute approximate surface area is 121 Å². The Bertz CT molecular complexity index is 711. The Morgan fingerprint density at radius 1 is 1.00 bits per heavy atom. The van der Waals surface area contributed by atoms with E-state index in [4.69, 9.17) is 25.2 Å². The Hall–Kier alpha value is -2.94. The molecular formula is C15H13FN2O3. The maximum atomic E-state index is 13.5. The lowest BCUT2D eigenvalue weighted by Gasteiger charge is -2.13. The van der Waals surface area contributed by atoms with Crippen LogP contribution >= 0.6 is 0 Å². The minimum absolute atomic E-state index is 0.0202. The number of hydrogen-bond acceptors (Lipinski definition) is 5. The van der Waals surface area contributed by atoms with E-state index in [0.717, 1.165) is 6.07 Å². The molecule has 0 aliphatic heterocycles. The molecule has 0 unspecified atom stereocenters. The molecule has 2 rings (SSSR count). The van der Waals surface area contributed by atoms with Gasteiger partial charge in [0.2, 0.25) is 0 Å². The Kier molecular flexibility index (Phi) is 4.14. The van der Waals surface area contributed by atoms with Crippen LogP contribution in [0.2, 0.25) is 0 Å². The second kappa shape index (κ2) is 6.01. The topological polar surface area (TPSA) is 77.5 Å². The molecule has 0 saturated carbocycles. The van der Waals surface area contributed by atoms with Crippen LogP contribution in [0.1, 0.15) is 5.56 Å². The summed E-state index contributed by atoms with van der Waals surface area (Å²) in [7, 11) is 2.80. The second-order valence-corrected chi connectivity index (χ2v) is 4.10. The molecule has 0 aliphatic rings. The van der Waals surface area contributed by atoms with Crippen molar-refractivity contribution in [3.05, 3.63) is 41.7 Å². The van der Waals surface area contributed by atoms with E-state index in [-0.39, 0.29) is 17.2 Å². The van der Waals surface area contributed by atoms with E-state index in [0.29, 0.717) is 17.1 Å². The molecule has 0 fully saturated rings. The molecule has 0 aliphatic carbocycles. The molecule has 21 heavy (non-hydrogen) atoms. The number of nitrogens with zero attached hydrogens (tertiary/aromatic N) is 1. The van der Waals surface area contributed by atoms with Crippen molar-refractivity contribution in [2.75, 3.05) is 20.0 Å². The van der Waals surface area contributed by atoms with Gasteiger partial charge in [0.1, 0.15) is 0 Å². The standard InChI is InChI=1S/C15H13FN2O3/c1-19-13-7-14(11(18)6-10(13)16)21-12-4-3-9(8-17)5-15(12)20-2/h3-7H,18H2,1-2H3. The number of nitrogens with two attached hydrogens (primary N) is 1. The molecule has 6 heteroatoms. The number of nitriles is 1. The summed E-state index contributed by atoms with van der Waals surface area (Å²) in [6, 6.07) is 9.15. The van der Waals surface area contributed by atoms with Crippen LogP contribution in [0.3, 0.4) is 0 Å². The van der Waals surface area contributed by atoms with Crippen molar-refractivity contribution in [2.45, 2.75) is 0 Å². The van der Waals surface area contributed by atoms with E-state index in [1.165, 1.54) is 26.4 Å². The van der Waals surface area contributed by atoms with Gasteiger partial charge in [-0.1, -0.05) is 0 Å². The van der Waals surface area contributed by atoms with E-state index in [9.17, 15) is 4.39 Å². The highest BCUT2D eigenvalue weighted by Gasteiger charge is 2.13. The molecule has 0 aromatic heterocycles. The zero-order valence-corrected chi connectivity index (χ0v) is 11.5. The summed E-state index contributed by atoms with van der Waals surface area (Å²) in [5.41, 5.74) is 6.29. The molecular weight excluding hydrogens is 275 g/mol. The summed E-state index contributed by atoms with van der Waals surface area (Å²) in [6.45, 7) is 0. The summed E-state index contributed by atoms with van der Waals surface area (Å²) < 4.78 is 29.2. The van der Waals surface area contributed by atoms with Crippen molar-refractivity contribution in [3.63, 3.8) is 0 Å². The third-order valence-corrected chi connectivity index (χ3v) is 2.80. The van der Waals surface area contributed by atoms with E-state index < -0.39 is 5.82 Å². The van der Waals surface area contributed by atoms with Gasteiger partial charge in [0.05, 0.1) is 31.5 Å². The molecule has 0 heterocycles. The average molecular weight is 288 g/mol. The van der Waals surface area contributed by atoms with Gasteiger partial charge in [0, 0.05) is 18.2 Å². The SMILES string of the molecule is COc1cc(Oc2ccc(C#N)cc2OC)c(N)cc1F. The van der Waals surface area contributed by atoms with Gasteiger partial charge in [-0.25, -0.2) is 4.39 Å². The zero-order valence-electron chi connectivity index (χ0n) is 11.5. The summed E-state index contributed by atoms with van der Waals surface area (Å²) in [4.78, 5) is 0. The van der Waals surface area contributed by atoms with Gasteiger partial charge in [-0.15, -0.1) is 0 Å². The summed E-state index contributed by atoms with van der Waals surface area (Å²) in [6.07, 6.45) is 0. The first kappa shape index (κ1) is 14.5. The Balaban J connectivity index is 2.41. The maximum absolute atomic E-state index is 13.5. The van der Waals surface area contributed by atoms with Crippen molar-refractivity contribution in [1.82, 2.24) is 0 Å². The zero-order chi connectivity index (χ0) is 15.4. The fraction of sp³-hybridized carbons (Fsp3) is 0.133. The minimum Gasteiger partial charge on any atom is -0.494 e. The number of nitrogen functional groups attached to an aromatic ring is 1. The van der Waals surface area contributed by atoms with E-state index in [1.807, 2.05) is 6.07 Å². The molecule has 0 spiro atoms. The largest absolute Gasteiger partial charge is 0.494 e. The molecule has 0 amide bonds. The summed E-state index contributed by atoms with van der Waals surface area (Å²) >= 11 is 0. The molecule has 2 aromatic carbocycles. The van der Waals surface area contributed by atoms with Crippen LogP contribution in [0.5, 0.6) is 23.0 Å². The molecule has 0 radical (unpaired) electrons. The van der Waals surface area contributed by atoms with Crippen LogP contribution in [0.15, 0.2) is 30.3 Å². The number of halogens is 1. The van der Waals surface area contributed by atoms with Crippen LogP contribution in [-0.4, -0.2) is 14.2 Å². The molecule has 0 bridgehead atoms. The third-order valence-electron chi connectivity index (χ3n) is 2.80. The fourth-order valence-electron chi connectivity index (χ4n) is 1.73. The molecule has 0 saturated heterocycles. The number of benzene rings is 2.